The molecule has 2 rings (SSSR count). The molecule has 0 saturated carbocycles. The Bertz CT molecular complexity index is 315. The summed E-state index contributed by atoms with van der Waals surface area (Å²) in [4.78, 5) is 2.38. The van der Waals surface area contributed by atoms with Crippen LogP contribution in [0.4, 0.5) is 0 Å². The van der Waals surface area contributed by atoms with Gasteiger partial charge in [0.1, 0.15) is 0 Å². The molecule has 0 spiro atoms. The molecule has 16 heavy (non-hydrogen) atoms. The van der Waals surface area contributed by atoms with Gasteiger partial charge in [-0.05, 0) is 17.9 Å². The Balaban J connectivity index is 1.89. The van der Waals surface area contributed by atoms with Crippen LogP contribution in [0.3, 0.4) is 0 Å². The monoisotopic (exact) mass is 220 g/mol. The smallest absolute Gasteiger partial charge is 0.0434 e. The summed E-state index contributed by atoms with van der Waals surface area (Å²) in [5.41, 5.74) is 7.39. The first-order valence-corrected chi connectivity index (χ1v) is 5.92. The fourth-order valence-electron chi connectivity index (χ4n) is 2.43. The van der Waals surface area contributed by atoms with Gasteiger partial charge in [0, 0.05) is 32.3 Å². The van der Waals surface area contributed by atoms with Gasteiger partial charge < -0.3 is 10.8 Å². The maximum atomic E-state index is 8.95. The molecule has 1 aromatic rings. The summed E-state index contributed by atoms with van der Waals surface area (Å²) in [5, 5.41) is 8.95. The van der Waals surface area contributed by atoms with Crippen LogP contribution >= 0.6 is 0 Å². The van der Waals surface area contributed by atoms with Gasteiger partial charge in [-0.15, -0.1) is 0 Å². The minimum Gasteiger partial charge on any atom is -0.396 e. The van der Waals surface area contributed by atoms with Crippen LogP contribution in [0.1, 0.15) is 12.0 Å². The lowest BCUT2D eigenvalue weighted by Gasteiger charge is -2.15. The summed E-state index contributed by atoms with van der Waals surface area (Å²) < 4.78 is 0. The van der Waals surface area contributed by atoms with Crippen molar-refractivity contribution in [3.05, 3.63) is 35.9 Å². The molecule has 3 N–H and O–H groups in total. The predicted octanol–water partition coefficient (Wildman–Crippen LogP) is 0.828. The highest BCUT2D eigenvalue weighted by atomic mass is 16.3. The molecule has 0 aromatic heterocycles. The summed E-state index contributed by atoms with van der Waals surface area (Å²) in [5.74, 6) is 0.453. The SMILES string of the molecule is N[C@H]1CN(Cc2ccccc2)C[C@@H]1CCO. The van der Waals surface area contributed by atoms with Crippen molar-refractivity contribution in [1.82, 2.24) is 4.90 Å². The molecule has 0 bridgehead atoms. The normalized spacial score (nSPS) is 26.1. The average molecular weight is 220 g/mol. The topological polar surface area (TPSA) is 49.5 Å². The van der Waals surface area contributed by atoms with Crippen LogP contribution in [0, 0.1) is 5.92 Å². The molecule has 2 atom stereocenters. The van der Waals surface area contributed by atoms with Gasteiger partial charge in [-0.1, -0.05) is 30.3 Å². The first-order valence-electron chi connectivity index (χ1n) is 5.92. The van der Waals surface area contributed by atoms with Crippen molar-refractivity contribution in [1.29, 1.82) is 0 Å². The lowest BCUT2D eigenvalue weighted by Crippen LogP contribution is -2.30. The van der Waals surface area contributed by atoms with Crippen LogP contribution in [-0.2, 0) is 6.54 Å². The van der Waals surface area contributed by atoms with Crippen molar-refractivity contribution in [3.8, 4) is 0 Å². The van der Waals surface area contributed by atoms with Crippen molar-refractivity contribution in [2.24, 2.45) is 11.7 Å². The Labute approximate surface area is 96.9 Å². The number of nitrogens with two attached hydrogens (primary N) is 1. The lowest BCUT2D eigenvalue weighted by atomic mass is 10.0. The van der Waals surface area contributed by atoms with E-state index < -0.39 is 0 Å². The molecular formula is C13H20N2O. The fraction of sp³-hybridized carbons (Fsp3) is 0.538. The Morgan fingerprint density at radius 1 is 1.25 bits per heavy atom. The van der Waals surface area contributed by atoms with Crippen molar-refractivity contribution in [2.75, 3.05) is 19.7 Å². The van der Waals surface area contributed by atoms with Crippen molar-refractivity contribution >= 4 is 0 Å². The first-order chi connectivity index (χ1) is 7.79. The van der Waals surface area contributed by atoms with E-state index >= 15 is 0 Å². The minimum absolute atomic E-state index is 0.218. The van der Waals surface area contributed by atoms with Crippen LogP contribution in [0.25, 0.3) is 0 Å². The van der Waals surface area contributed by atoms with E-state index in [1.165, 1.54) is 5.56 Å². The van der Waals surface area contributed by atoms with E-state index in [0.717, 1.165) is 26.1 Å². The van der Waals surface area contributed by atoms with Gasteiger partial charge in [-0.25, -0.2) is 0 Å². The molecule has 0 unspecified atom stereocenters. The number of likely N-dealkylation sites (tertiary alicyclic amines) is 1. The third-order valence-electron chi connectivity index (χ3n) is 3.32. The quantitative estimate of drug-likeness (QED) is 0.790. The number of hydrogen-bond acceptors (Lipinski definition) is 3. The van der Waals surface area contributed by atoms with E-state index in [-0.39, 0.29) is 12.6 Å². The second-order valence-corrected chi connectivity index (χ2v) is 4.62. The molecule has 3 heteroatoms. The maximum absolute atomic E-state index is 8.95. The zero-order valence-electron chi connectivity index (χ0n) is 9.55. The maximum Gasteiger partial charge on any atom is 0.0434 e. The van der Waals surface area contributed by atoms with Gasteiger partial charge in [-0.3, -0.25) is 4.90 Å². The van der Waals surface area contributed by atoms with Crippen LogP contribution in [0.2, 0.25) is 0 Å². The van der Waals surface area contributed by atoms with Gasteiger partial charge in [0.2, 0.25) is 0 Å². The van der Waals surface area contributed by atoms with Gasteiger partial charge in [0.25, 0.3) is 0 Å². The number of hydrogen-bond donors (Lipinski definition) is 2. The Morgan fingerprint density at radius 3 is 2.69 bits per heavy atom. The number of nitrogens with zero attached hydrogens (tertiary/aromatic N) is 1. The highest BCUT2D eigenvalue weighted by molar-refractivity contribution is 5.14. The Morgan fingerprint density at radius 2 is 2.00 bits per heavy atom. The van der Waals surface area contributed by atoms with Gasteiger partial charge in [0.15, 0.2) is 0 Å². The number of benzene rings is 1. The lowest BCUT2D eigenvalue weighted by molar-refractivity contribution is 0.246. The number of aliphatic hydroxyl groups excluding tert-OH is 1. The van der Waals surface area contributed by atoms with E-state index in [1.54, 1.807) is 0 Å². The van der Waals surface area contributed by atoms with Crippen LogP contribution in [-0.4, -0.2) is 35.7 Å². The largest absolute Gasteiger partial charge is 0.396 e. The molecule has 1 aliphatic heterocycles. The zero-order chi connectivity index (χ0) is 11.4. The highest BCUT2D eigenvalue weighted by Gasteiger charge is 2.29. The molecule has 0 radical (unpaired) electrons. The summed E-state index contributed by atoms with van der Waals surface area (Å²) >= 11 is 0. The molecule has 1 aliphatic rings. The summed E-state index contributed by atoms with van der Waals surface area (Å²) in [6.45, 7) is 3.17. The number of rotatable bonds is 4. The molecule has 3 nitrogen and oxygen atoms in total. The Kier molecular flexibility index (Phi) is 3.93. The molecule has 1 saturated heterocycles. The highest BCUT2D eigenvalue weighted by Crippen LogP contribution is 2.20. The van der Waals surface area contributed by atoms with Gasteiger partial charge in [0.05, 0.1) is 0 Å². The fourth-order valence-corrected chi connectivity index (χ4v) is 2.43. The Hall–Kier alpha value is -0.900. The number of aliphatic hydroxyl groups is 1. The minimum atomic E-state index is 0.218. The second-order valence-electron chi connectivity index (χ2n) is 4.62. The molecule has 1 heterocycles. The van der Waals surface area contributed by atoms with Crippen molar-refractivity contribution in [2.45, 2.75) is 19.0 Å². The third-order valence-corrected chi connectivity index (χ3v) is 3.32. The third kappa shape index (κ3) is 2.82. The first kappa shape index (κ1) is 11.6. The summed E-state index contributed by atoms with van der Waals surface area (Å²) in [6, 6.07) is 10.7. The molecule has 1 fully saturated rings. The molecule has 1 aromatic carbocycles. The van der Waals surface area contributed by atoms with Crippen molar-refractivity contribution < 1.29 is 5.11 Å². The van der Waals surface area contributed by atoms with Crippen LogP contribution in [0.15, 0.2) is 30.3 Å². The van der Waals surface area contributed by atoms with Crippen molar-refractivity contribution in [3.63, 3.8) is 0 Å². The standard InChI is InChI=1S/C13H20N2O/c14-13-10-15(9-12(13)6-7-16)8-11-4-2-1-3-5-11/h1-5,12-13,16H,6-10,14H2/t12-,13-/m0/s1. The molecule has 0 aliphatic carbocycles. The molecule has 0 amide bonds. The molecular weight excluding hydrogens is 200 g/mol. The predicted molar refractivity (Wildman–Crippen MR) is 64.9 cm³/mol. The van der Waals surface area contributed by atoms with Crippen LogP contribution in [0.5, 0.6) is 0 Å². The summed E-state index contributed by atoms with van der Waals surface area (Å²) in [7, 11) is 0. The van der Waals surface area contributed by atoms with E-state index in [2.05, 4.69) is 29.2 Å². The van der Waals surface area contributed by atoms with E-state index in [0.29, 0.717) is 5.92 Å². The van der Waals surface area contributed by atoms with E-state index in [9.17, 15) is 0 Å². The average Bonchev–Trinajstić information content (AvgIpc) is 2.61. The molecule has 88 valence electrons. The van der Waals surface area contributed by atoms with Gasteiger partial charge in [-0.2, -0.15) is 0 Å². The van der Waals surface area contributed by atoms with Gasteiger partial charge >= 0.3 is 0 Å². The van der Waals surface area contributed by atoms with E-state index in [1.807, 2.05) is 6.07 Å². The van der Waals surface area contributed by atoms with E-state index in [4.69, 9.17) is 10.8 Å². The second kappa shape index (κ2) is 5.43. The zero-order valence-corrected chi connectivity index (χ0v) is 9.55. The summed E-state index contributed by atoms with van der Waals surface area (Å²) in [6.07, 6.45) is 0.826. The van der Waals surface area contributed by atoms with Crippen LogP contribution < -0.4 is 5.73 Å².